The lowest BCUT2D eigenvalue weighted by atomic mass is 9.95. The van der Waals surface area contributed by atoms with Gasteiger partial charge in [0.15, 0.2) is 11.4 Å². The third-order valence-electron chi connectivity index (χ3n) is 7.09. The quantitative estimate of drug-likeness (QED) is 0.399. The van der Waals surface area contributed by atoms with Crippen molar-refractivity contribution in [3.63, 3.8) is 0 Å². The maximum absolute atomic E-state index is 13.4. The topological polar surface area (TPSA) is 59.7 Å². The Bertz CT molecular complexity index is 1380. The van der Waals surface area contributed by atoms with Crippen LogP contribution in [-0.4, -0.2) is 26.1 Å². The van der Waals surface area contributed by atoms with Gasteiger partial charge < -0.3 is 5.43 Å². The summed E-state index contributed by atoms with van der Waals surface area (Å²) in [5, 5.41) is 7.43. The summed E-state index contributed by atoms with van der Waals surface area (Å²) in [5.41, 5.74) is 8.12. The number of nitrogens with one attached hydrogen (secondary N) is 2. The fraction of sp³-hybridized carbons (Fsp3) is 0.407. The van der Waals surface area contributed by atoms with Crippen molar-refractivity contribution in [2.75, 3.05) is 6.54 Å². The summed E-state index contributed by atoms with van der Waals surface area (Å²) in [6.07, 6.45) is 0.970. The Morgan fingerprint density at radius 1 is 0.974 bits per heavy atom. The number of nitrogens with zero attached hydrogens (tertiary/aromatic N) is 4. The predicted octanol–water partition coefficient (Wildman–Crippen LogP) is 5.90. The van der Waals surface area contributed by atoms with Crippen molar-refractivity contribution in [1.29, 1.82) is 0 Å². The molecule has 1 fully saturated rings. The maximum Gasteiger partial charge on any atom is 0.435 e. The Labute approximate surface area is 221 Å². The van der Waals surface area contributed by atoms with Crippen LogP contribution in [0.25, 0.3) is 5.69 Å². The molecule has 3 aromatic rings. The Morgan fingerprint density at radius 2 is 1.72 bits per heavy atom. The van der Waals surface area contributed by atoms with Gasteiger partial charge in [-0.05, 0) is 68.9 Å². The Hall–Kier alpha value is -3.54. The molecule has 1 atom stereocenters. The highest BCUT2D eigenvalue weighted by atomic mass is 19.4. The molecule has 0 radical (unpaired) electrons. The third kappa shape index (κ3) is 5.90. The van der Waals surface area contributed by atoms with Crippen LogP contribution < -0.4 is 10.9 Å². The van der Waals surface area contributed by atoms with Gasteiger partial charge in [0, 0.05) is 35.1 Å². The van der Waals surface area contributed by atoms with Crippen LogP contribution in [0.4, 0.5) is 26.3 Å². The molecule has 2 aliphatic carbocycles. The van der Waals surface area contributed by atoms with Crippen molar-refractivity contribution in [1.82, 2.24) is 30.4 Å². The number of hydrogen-bond donors (Lipinski definition) is 2. The lowest BCUT2D eigenvalue weighted by Crippen LogP contribution is -2.20. The lowest BCUT2D eigenvalue weighted by Gasteiger charge is -2.15. The maximum atomic E-state index is 13.4. The number of hydrazine groups is 1. The molecule has 1 saturated heterocycles. The van der Waals surface area contributed by atoms with E-state index in [0.29, 0.717) is 41.9 Å². The molecule has 39 heavy (non-hydrogen) atoms. The third-order valence-corrected chi connectivity index (χ3v) is 7.09. The number of alkyl halides is 6. The van der Waals surface area contributed by atoms with Gasteiger partial charge in [-0.15, -0.1) is 0 Å². The molecular weight excluding hydrogens is 522 g/mol. The van der Waals surface area contributed by atoms with E-state index >= 15 is 0 Å². The second kappa shape index (κ2) is 10.6. The van der Waals surface area contributed by atoms with Crippen molar-refractivity contribution in [2.24, 2.45) is 5.92 Å². The molecule has 1 unspecified atom stereocenters. The molecule has 1 aromatic carbocycles. The van der Waals surface area contributed by atoms with Gasteiger partial charge in [0.05, 0.1) is 12.2 Å². The fourth-order valence-electron chi connectivity index (χ4n) is 5.06. The standard InChI is InChI=1S/C20H18F6N4.C7H10N2/c1-12-10-17(19(21,22)23)27-29(12)11-13-6-8-14(9-7-13)30-16-5-3-2-4-15(16)18(28-30)20(24,25)26;1-2-4-7-6(3-1)5-8-9-7/h6-10H,2-5,11H2,1H3;1-2,4,6,8-9H,3,5H2. The first-order chi connectivity index (χ1) is 18.5. The van der Waals surface area contributed by atoms with E-state index in [0.717, 1.165) is 24.9 Å². The fourth-order valence-corrected chi connectivity index (χ4v) is 5.06. The number of aryl methyl sites for hydroxylation is 1. The first-order valence-corrected chi connectivity index (χ1v) is 12.7. The van der Waals surface area contributed by atoms with Gasteiger partial charge in [-0.2, -0.15) is 36.5 Å². The normalized spacial score (nSPS) is 18.5. The number of allylic oxidation sites excluding steroid dienone is 3. The van der Waals surface area contributed by atoms with Crippen molar-refractivity contribution in [2.45, 2.75) is 57.9 Å². The average Bonchev–Trinajstić information content (AvgIpc) is 3.62. The highest BCUT2D eigenvalue weighted by molar-refractivity contribution is 5.41. The van der Waals surface area contributed by atoms with E-state index in [9.17, 15) is 26.3 Å². The molecule has 1 aliphatic heterocycles. The summed E-state index contributed by atoms with van der Waals surface area (Å²) in [6.45, 7) is 2.73. The molecule has 0 saturated carbocycles. The molecule has 3 aliphatic rings. The van der Waals surface area contributed by atoms with Crippen molar-refractivity contribution in [3.05, 3.63) is 88.2 Å². The molecule has 0 bridgehead atoms. The molecule has 3 heterocycles. The molecule has 6 rings (SSSR count). The molecule has 0 amide bonds. The number of halogens is 6. The van der Waals surface area contributed by atoms with Crippen LogP contribution in [0.3, 0.4) is 0 Å². The summed E-state index contributed by atoms with van der Waals surface area (Å²) in [4.78, 5) is 0. The van der Waals surface area contributed by atoms with E-state index < -0.39 is 23.7 Å². The summed E-state index contributed by atoms with van der Waals surface area (Å²) < 4.78 is 81.1. The zero-order chi connectivity index (χ0) is 27.8. The highest BCUT2D eigenvalue weighted by Crippen LogP contribution is 2.37. The van der Waals surface area contributed by atoms with Crippen LogP contribution in [-0.2, 0) is 31.7 Å². The molecule has 0 spiro atoms. The largest absolute Gasteiger partial charge is 0.435 e. The molecule has 208 valence electrons. The first-order valence-electron chi connectivity index (χ1n) is 12.7. The zero-order valence-corrected chi connectivity index (χ0v) is 21.2. The Balaban J connectivity index is 0.000000287. The van der Waals surface area contributed by atoms with E-state index in [2.05, 4.69) is 39.3 Å². The van der Waals surface area contributed by atoms with E-state index in [1.165, 1.54) is 28.4 Å². The molecule has 2 aromatic heterocycles. The number of hydrogen-bond acceptors (Lipinski definition) is 4. The van der Waals surface area contributed by atoms with Gasteiger partial charge in [-0.1, -0.05) is 24.3 Å². The van der Waals surface area contributed by atoms with Crippen LogP contribution in [0, 0.1) is 12.8 Å². The van der Waals surface area contributed by atoms with Crippen molar-refractivity contribution in [3.8, 4) is 5.69 Å². The van der Waals surface area contributed by atoms with Crippen molar-refractivity contribution >= 4 is 0 Å². The van der Waals surface area contributed by atoms with Gasteiger partial charge in [-0.25, -0.2) is 10.1 Å². The number of aromatic nitrogens is 4. The average molecular weight is 551 g/mol. The van der Waals surface area contributed by atoms with E-state index in [1.807, 2.05) is 0 Å². The summed E-state index contributed by atoms with van der Waals surface area (Å²) >= 11 is 0. The van der Waals surface area contributed by atoms with Crippen LogP contribution >= 0.6 is 0 Å². The SMILES string of the molecule is C1=CCC2CNNC2=C1.Cc1cc(C(F)(F)F)nn1Cc1ccc(-n2nc(C(F)(F)F)c3c2CCCC3)cc1. The number of benzene rings is 1. The Morgan fingerprint density at radius 3 is 2.38 bits per heavy atom. The highest BCUT2D eigenvalue weighted by Gasteiger charge is 2.39. The predicted molar refractivity (Wildman–Crippen MR) is 133 cm³/mol. The second-order valence-corrected chi connectivity index (χ2v) is 9.87. The minimum Gasteiger partial charge on any atom is -0.325 e. The monoisotopic (exact) mass is 550 g/mol. The van der Waals surface area contributed by atoms with Gasteiger partial charge in [0.25, 0.3) is 0 Å². The van der Waals surface area contributed by atoms with Crippen LogP contribution in [0.1, 0.15) is 53.2 Å². The van der Waals surface area contributed by atoms with Crippen LogP contribution in [0.15, 0.2) is 54.3 Å². The minimum atomic E-state index is -4.52. The summed E-state index contributed by atoms with van der Waals surface area (Å²) in [7, 11) is 0. The molecule has 12 heteroatoms. The van der Waals surface area contributed by atoms with Crippen LogP contribution in [0.2, 0.25) is 0 Å². The van der Waals surface area contributed by atoms with Gasteiger partial charge in [-0.3, -0.25) is 4.68 Å². The van der Waals surface area contributed by atoms with Crippen molar-refractivity contribution < 1.29 is 26.3 Å². The van der Waals surface area contributed by atoms with Gasteiger partial charge >= 0.3 is 12.4 Å². The first kappa shape index (κ1) is 27.0. The lowest BCUT2D eigenvalue weighted by molar-refractivity contribution is -0.142. The zero-order valence-electron chi connectivity index (χ0n) is 21.2. The van der Waals surface area contributed by atoms with E-state index in [4.69, 9.17) is 0 Å². The molecule has 2 N–H and O–H groups in total. The van der Waals surface area contributed by atoms with E-state index in [1.54, 1.807) is 24.3 Å². The number of fused-ring (bicyclic) bond motifs is 2. The minimum absolute atomic E-state index is 0.118. The smallest absolute Gasteiger partial charge is 0.325 e. The second-order valence-electron chi connectivity index (χ2n) is 9.87. The Kier molecular flexibility index (Phi) is 7.32. The van der Waals surface area contributed by atoms with Crippen LogP contribution in [0.5, 0.6) is 0 Å². The summed E-state index contributed by atoms with van der Waals surface area (Å²) in [5.74, 6) is 0.718. The van der Waals surface area contributed by atoms with Gasteiger partial charge in [0.1, 0.15) is 0 Å². The number of rotatable bonds is 3. The summed E-state index contributed by atoms with van der Waals surface area (Å²) in [6, 6.07) is 7.55. The molecular formula is C27H28F6N6. The van der Waals surface area contributed by atoms with Gasteiger partial charge in [0.2, 0.25) is 0 Å². The molecule has 6 nitrogen and oxygen atoms in total. The van der Waals surface area contributed by atoms with E-state index in [-0.39, 0.29) is 12.1 Å².